The highest BCUT2D eigenvalue weighted by Crippen LogP contribution is 2.21. The van der Waals surface area contributed by atoms with E-state index in [0.29, 0.717) is 0 Å². The van der Waals surface area contributed by atoms with Crippen molar-refractivity contribution < 1.29 is 4.39 Å². The highest BCUT2D eigenvalue weighted by atomic mass is 19.1. The summed E-state index contributed by atoms with van der Waals surface area (Å²) in [5.41, 5.74) is 1.72. The molecule has 0 spiro atoms. The topological polar surface area (TPSA) is 0 Å². The van der Waals surface area contributed by atoms with E-state index < -0.39 is 6.67 Å². The molecule has 2 aromatic carbocycles. The predicted molar refractivity (Wildman–Crippen MR) is 63.6 cm³/mol. The molecule has 0 unspecified atom stereocenters. The van der Waals surface area contributed by atoms with Crippen molar-refractivity contribution in [3.05, 3.63) is 54.1 Å². The Labute approximate surface area is 89.0 Å². The van der Waals surface area contributed by atoms with Crippen molar-refractivity contribution in [1.82, 2.24) is 0 Å². The van der Waals surface area contributed by atoms with E-state index in [0.717, 1.165) is 16.5 Å². The number of rotatable bonds is 2. The van der Waals surface area contributed by atoms with Gasteiger partial charge in [0.05, 0.1) is 0 Å². The summed E-state index contributed by atoms with van der Waals surface area (Å²) in [7, 11) is 0. The fraction of sp³-hybridized carbons (Fsp3) is 0.143. The third-order valence-corrected chi connectivity index (χ3v) is 2.61. The molecule has 0 aromatic heterocycles. The number of benzene rings is 2. The minimum atomic E-state index is -0.408. The zero-order valence-electron chi connectivity index (χ0n) is 8.70. The Morgan fingerprint density at radius 2 is 1.87 bits per heavy atom. The highest BCUT2D eigenvalue weighted by molar-refractivity contribution is 5.86. The molecule has 0 heterocycles. The fourth-order valence-corrected chi connectivity index (χ4v) is 1.71. The second-order valence-electron chi connectivity index (χ2n) is 3.51. The molecule has 0 N–H and O–H groups in total. The summed E-state index contributed by atoms with van der Waals surface area (Å²) in [6, 6.07) is 14.1. The lowest BCUT2D eigenvalue weighted by molar-refractivity contribution is 0.571. The van der Waals surface area contributed by atoms with Gasteiger partial charge in [0.2, 0.25) is 0 Å². The van der Waals surface area contributed by atoms with Gasteiger partial charge in [0.25, 0.3) is 0 Å². The van der Waals surface area contributed by atoms with E-state index >= 15 is 0 Å². The maximum Gasteiger partial charge on any atom is 0.115 e. The van der Waals surface area contributed by atoms with Crippen molar-refractivity contribution in [2.75, 3.05) is 6.67 Å². The van der Waals surface area contributed by atoms with Gasteiger partial charge < -0.3 is 0 Å². The number of halogens is 1. The summed E-state index contributed by atoms with van der Waals surface area (Å²) in [6.45, 7) is 1.46. The van der Waals surface area contributed by atoms with Crippen LogP contribution in [0.5, 0.6) is 0 Å². The van der Waals surface area contributed by atoms with Crippen LogP contribution in [-0.2, 0) is 0 Å². The van der Waals surface area contributed by atoms with Crippen LogP contribution in [-0.4, -0.2) is 6.67 Å². The summed E-state index contributed by atoms with van der Waals surface area (Å²) in [5.74, 6) is 0. The van der Waals surface area contributed by atoms with Crippen molar-refractivity contribution in [3.8, 4) is 0 Å². The Kier molecular flexibility index (Phi) is 2.82. The predicted octanol–water partition coefficient (Wildman–Crippen LogP) is 4.21. The smallest absolute Gasteiger partial charge is 0.115 e. The van der Waals surface area contributed by atoms with E-state index in [1.165, 1.54) is 5.39 Å². The van der Waals surface area contributed by atoms with Crippen LogP contribution in [0.25, 0.3) is 16.3 Å². The van der Waals surface area contributed by atoms with Gasteiger partial charge >= 0.3 is 0 Å². The summed E-state index contributed by atoms with van der Waals surface area (Å²) in [5, 5.41) is 2.35. The SMILES string of the molecule is C/C=C(\CF)c1ccc2ccccc2c1. The Morgan fingerprint density at radius 1 is 1.13 bits per heavy atom. The number of allylic oxidation sites excluding steroid dienone is 2. The summed E-state index contributed by atoms with van der Waals surface area (Å²) < 4.78 is 12.7. The number of hydrogen-bond donors (Lipinski definition) is 0. The molecule has 0 radical (unpaired) electrons. The van der Waals surface area contributed by atoms with Crippen LogP contribution in [0.2, 0.25) is 0 Å². The minimum absolute atomic E-state index is 0.408. The van der Waals surface area contributed by atoms with Gasteiger partial charge in [0.15, 0.2) is 0 Å². The molecule has 0 aliphatic carbocycles. The van der Waals surface area contributed by atoms with Gasteiger partial charge in [-0.2, -0.15) is 0 Å². The molecule has 76 valence electrons. The third kappa shape index (κ3) is 1.91. The quantitative estimate of drug-likeness (QED) is 0.681. The third-order valence-electron chi connectivity index (χ3n) is 2.61. The van der Waals surface area contributed by atoms with Crippen LogP contribution in [0.1, 0.15) is 12.5 Å². The summed E-state index contributed by atoms with van der Waals surface area (Å²) in [4.78, 5) is 0. The van der Waals surface area contributed by atoms with Crippen LogP contribution in [0.15, 0.2) is 48.5 Å². The highest BCUT2D eigenvalue weighted by Gasteiger charge is 2.00. The molecule has 2 aromatic rings. The fourth-order valence-electron chi connectivity index (χ4n) is 1.71. The first-order valence-corrected chi connectivity index (χ1v) is 5.05. The van der Waals surface area contributed by atoms with E-state index in [1.54, 1.807) is 0 Å². The summed E-state index contributed by atoms with van der Waals surface area (Å²) >= 11 is 0. The van der Waals surface area contributed by atoms with Crippen LogP contribution in [0, 0.1) is 0 Å². The Balaban J connectivity index is 2.56. The molecule has 0 fully saturated rings. The molecule has 0 saturated heterocycles. The number of fused-ring (bicyclic) bond motifs is 1. The first-order chi connectivity index (χ1) is 7.35. The molecular formula is C14H13F. The molecule has 0 aliphatic heterocycles. The second-order valence-corrected chi connectivity index (χ2v) is 3.51. The first kappa shape index (κ1) is 9.91. The van der Waals surface area contributed by atoms with Gasteiger partial charge in [0.1, 0.15) is 6.67 Å². The lowest BCUT2D eigenvalue weighted by Crippen LogP contribution is -1.86. The van der Waals surface area contributed by atoms with Gasteiger partial charge in [-0.1, -0.05) is 42.5 Å². The first-order valence-electron chi connectivity index (χ1n) is 5.05. The maximum atomic E-state index is 12.7. The van der Waals surface area contributed by atoms with Gasteiger partial charge in [-0.05, 0) is 34.9 Å². The van der Waals surface area contributed by atoms with E-state index in [1.807, 2.05) is 49.4 Å². The second kappa shape index (κ2) is 4.26. The molecule has 0 atom stereocenters. The zero-order valence-corrected chi connectivity index (χ0v) is 8.70. The minimum Gasteiger partial charge on any atom is -0.246 e. The number of alkyl halides is 1. The van der Waals surface area contributed by atoms with Crippen LogP contribution < -0.4 is 0 Å². The molecule has 0 saturated carbocycles. The van der Waals surface area contributed by atoms with E-state index in [9.17, 15) is 4.39 Å². The Hall–Kier alpha value is -1.63. The monoisotopic (exact) mass is 200 g/mol. The lowest BCUT2D eigenvalue weighted by Gasteiger charge is -2.04. The van der Waals surface area contributed by atoms with E-state index in [4.69, 9.17) is 0 Å². The normalized spacial score (nSPS) is 12.0. The molecular weight excluding hydrogens is 187 g/mol. The van der Waals surface area contributed by atoms with Crippen LogP contribution >= 0.6 is 0 Å². The van der Waals surface area contributed by atoms with E-state index in [2.05, 4.69) is 6.07 Å². The van der Waals surface area contributed by atoms with Gasteiger partial charge in [-0.15, -0.1) is 0 Å². The molecule has 2 rings (SSSR count). The number of hydrogen-bond acceptors (Lipinski definition) is 0. The van der Waals surface area contributed by atoms with Crippen LogP contribution in [0.3, 0.4) is 0 Å². The molecule has 0 aliphatic rings. The van der Waals surface area contributed by atoms with Crippen molar-refractivity contribution in [2.45, 2.75) is 6.92 Å². The van der Waals surface area contributed by atoms with Crippen molar-refractivity contribution in [1.29, 1.82) is 0 Å². The molecule has 0 amide bonds. The summed E-state index contributed by atoms with van der Waals surface area (Å²) in [6.07, 6.45) is 1.82. The van der Waals surface area contributed by atoms with Crippen molar-refractivity contribution in [2.24, 2.45) is 0 Å². The largest absolute Gasteiger partial charge is 0.246 e. The van der Waals surface area contributed by atoms with Crippen molar-refractivity contribution in [3.63, 3.8) is 0 Å². The molecule has 0 nitrogen and oxygen atoms in total. The zero-order chi connectivity index (χ0) is 10.7. The van der Waals surface area contributed by atoms with Gasteiger partial charge in [-0.3, -0.25) is 0 Å². The maximum absolute atomic E-state index is 12.7. The lowest BCUT2D eigenvalue weighted by atomic mass is 10.0. The molecule has 15 heavy (non-hydrogen) atoms. The van der Waals surface area contributed by atoms with Gasteiger partial charge in [0, 0.05) is 0 Å². The Morgan fingerprint density at radius 3 is 2.53 bits per heavy atom. The average Bonchev–Trinajstić information content (AvgIpc) is 2.30. The van der Waals surface area contributed by atoms with E-state index in [-0.39, 0.29) is 0 Å². The standard InChI is InChI=1S/C14H13F/c1-2-11(10-15)14-8-7-12-5-3-4-6-13(12)9-14/h2-9H,10H2,1H3/b11-2+. The van der Waals surface area contributed by atoms with Crippen molar-refractivity contribution >= 4 is 16.3 Å². The average molecular weight is 200 g/mol. The molecule has 0 bridgehead atoms. The van der Waals surface area contributed by atoms with Crippen LogP contribution in [0.4, 0.5) is 4.39 Å². The van der Waals surface area contributed by atoms with Gasteiger partial charge in [-0.25, -0.2) is 4.39 Å². The molecule has 1 heteroatoms. The Bertz CT molecular complexity index is 497.